The number of nitrogens with one attached hydrogen (secondary N) is 1. The molecular weight excluding hydrogens is 414 g/mol. The molecule has 0 radical (unpaired) electrons. The number of anilines is 1. The van der Waals surface area contributed by atoms with Crippen molar-refractivity contribution >= 4 is 44.7 Å². The van der Waals surface area contributed by atoms with Gasteiger partial charge in [0.2, 0.25) is 5.91 Å². The topological polar surface area (TPSA) is 66.5 Å². The summed E-state index contributed by atoms with van der Waals surface area (Å²) in [5, 5.41) is 4.42. The molecule has 1 saturated heterocycles. The summed E-state index contributed by atoms with van der Waals surface area (Å²) < 4.78 is 52.0. The van der Waals surface area contributed by atoms with Crippen LogP contribution in [0.2, 0.25) is 0 Å². The molecule has 2 heterocycles. The zero-order valence-corrected chi connectivity index (χ0v) is 16.6. The second-order valence-electron chi connectivity index (χ2n) is 5.97. The molecule has 1 N–H and O–H groups in total. The number of nitrogens with zero attached hydrogens (tertiary/aromatic N) is 1. The summed E-state index contributed by atoms with van der Waals surface area (Å²) >= 11 is 1.55. The zero-order chi connectivity index (χ0) is 19.4. The number of amides is 1. The summed E-state index contributed by atoms with van der Waals surface area (Å²) in [6.07, 6.45) is 0.779. The maximum Gasteiger partial charge on any atom is 0.288 e. The van der Waals surface area contributed by atoms with Gasteiger partial charge in [-0.3, -0.25) is 4.79 Å². The van der Waals surface area contributed by atoms with E-state index >= 15 is 0 Å². The van der Waals surface area contributed by atoms with E-state index in [2.05, 4.69) is 5.32 Å². The van der Waals surface area contributed by atoms with Gasteiger partial charge in [-0.2, -0.15) is 13.1 Å². The minimum Gasteiger partial charge on any atom is -0.325 e. The molecule has 2 aromatic rings. The molecule has 10 heteroatoms. The number of thioether (sulfide) groups is 1. The first-order valence-electron chi connectivity index (χ1n) is 8.26. The molecule has 0 atom stereocenters. The van der Waals surface area contributed by atoms with Gasteiger partial charge >= 0.3 is 0 Å². The van der Waals surface area contributed by atoms with E-state index in [1.807, 2.05) is 0 Å². The molecule has 1 aromatic heterocycles. The van der Waals surface area contributed by atoms with Gasteiger partial charge in [-0.05, 0) is 36.4 Å². The van der Waals surface area contributed by atoms with Crippen LogP contribution in [0.15, 0.2) is 50.9 Å². The summed E-state index contributed by atoms with van der Waals surface area (Å²) in [6, 6.07) is 9.67. The monoisotopic (exact) mass is 432 g/mol. The number of sulfonamides is 1. The fourth-order valence-electron chi connectivity index (χ4n) is 2.90. The predicted octanol–water partition coefficient (Wildman–Crippen LogP) is 4.10. The Morgan fingerprint density at radius 2 is 1.89 bits per heavy atom. The molecule has 0 saturated carbocycles. The normalized spacial score (nSPS) is 16.6. The largest absolute Gasteiger partial charge is 0.325 e. The SMILES string of the molecule is O=C(Nc1ccccc1SC(F)F)C1CCN(S(=O)(=O)c2cccs2)CC1. The Balaban J connectivity index is 1.61. The van der Waals surface area contributed by atoms with Gasteiger partial charge in [0.25, 0.3) is 15.8 Å². The summed E-state index contributed by atoms with van der Waals surface area (Å²) in [5.74, 6) is -3.20. The Morgan fingerprint density at radius 3 is 2.52 bits per heavy atom. The lowest BCUT2D eigenvalue weighted by Gasteiger charge is -2.30. The van der Waals surface area contributed by atoms with Crippen LogP contribution in [0.25, 0.3) is 0 Å². The molecule has 1 aromatic carbocycles. The molecule has 1 aliphatic rings. The molecule has 0 spiro atoms. The third-order valence-corrected chi connectivity index (χ3v) is 8.33. The fraction of sp³-hybridized carbons (Fsp3) is 0.353. The molecule has 1 aliphatic heterocycles. The number of thiophene rings is 1. The maximum atomic E-state index is 12.7. The van der Waals surface area contributed by atoms with Crippen molar-refractivity contribution in [3.63, 3.8) is 0 Å². The first kappa shape index (κ1) is 20.2. The lowest BCUT2D eigenvalue weighted by molar-refractivity contribution is -0.120. The van der Waals surface area contributed by atoms with Crippen LogP contribution < -0.4 is 5.32 Å². The quantitative estimate of drug-likeness (QED) is 0.698. The van der Waals surface area contributed by atoms with Crippen LogP contribution >= 0.6 is 23.1 Å². The van der Waals surface area contributed by atoms with Gasteiger partial charge in [0.15, 0.2) is 0 Å². The number of carbonyl (C=O) groups excluding carboxylic acids is 1. The van der Waals surface area contributed by atoms with Crippen molar-refractivity contribution in [2.24, 2.45) is 5.92 Å². The maximum absolute atomic E-state index is 12.7. The Kier molecular flexibility index (Phi) is 6.51. The number of halogens is 2. The van der Waals surface area contributed by atoms with Crippen LogP contribution in [0.3, 0.4) is 0 Å². The van der Waals surface area contributed by atoms with Gasteiger partial charge in [-0.1, -0.05) is 30.0 Å². The predicted molar refractivity (Wildman–Crippen MR) is 103 cm³/mol. The van der Waals surface area contributed by atoms with Crippen LogP contribution in [-0.2, 0) is 14.8 Å². The molecule has 0 bridgehead atoms. The van der Waals surface area contributed by atoms with E-state index in [9.17, 15) is 22.0 Å². The third-order valence-electron chi connectivity index (χ3n) is 4.27. The van der Waals surface area contributed by atoms with Crippen molar-refractivity contribution in [3.05, 3.63) is 41.8 Å². The van der Waals surface area contributed by atoms with Gasteiger partial charge < -0.3 is 5.32 Å². The second-order valence-corrected chi connectivity index (χ2v) is 10.1. The van der Waals surface area contributed by atoms with Crippen molar-refractivity contribution in [2.45, 2.75) is 27.7 Å². The van der Waals surface area contributed by atoms with E-state index in [0.717, 1.165) is 0 Å². The highest BCUT2D eigenvalue weighted by Crippen LogP contribution is 2.33. The Bertz CT molecular complexity index is 881. The van der Waals surface area contributed by atoms with Gasteiger partial charge in [0.05, 0.1) is 5.69 Å². The van der Waals surface area contributed by atoms with E-state index in [4.69, 9.17) is 0 Å². The Labute approximate surface area is 164 Å². The Hall–Kier alpha value is -1.49. The van der Waals surface area contributed by atoms with Crippen molar-refractivity contribution in [1.29, 1.82) is 0 Å². The molecule has 27 heavy (non-hydrogen) atoms. The number of carbonyl (C=O) groups is 1. The van der Waals surface area contributed by atoms with Gasteiger partial charge in [0, 0.05) is 23.9 Å². The minimum absolute atomic E-state index is 0.256. The van der Waals surface area contributed by atoms with Crippen molar-refractivity contribution in [1.82, 2.24) is 4.31 Å². The fourth-order valence-corrected chi connectivity index (χ4v) is 6.11. The molecule has 5 nitrogen and oxygen atoms in total. The molecule has 0 unspecified atom stereocenters. The molecule has 1 amide bonds. The molecule has 1 fully saturated rings. The van der Waals surface area contributed by atoms with Gasteiger partial charge in [0.1, 0.15) is 4.21 Å². The van der Waals surface area contributed by atoms with E-state index in [1.165, 1.54) is 21.7 Å². The Morgan fingerprint density at radius 1 is 1.19 bits per heavy atom. The zero-order valence-electron chi connectivity index (χ0n) is 14.2. The number of piperidine rings is 1. The van der Waals surface area contributed by atoms with E-state index in [-0.39, 0.29) is 24.9 Å². The highest BCUT2D eigenvalue weighted by atomic mass is 32.2. The average Bonchev–Trinajstić information content (AvgIpc) is 3.18. The second kappa shape index (κ2) is 8.68. The van der Waals surface area contributed by atoms with E-state index in [1.54, 1.807) is 35.7 Å². The van der Waals surface area contributed by atoms with Gasteiger partial charge in [-0.15, -0.1) is 11.3 Å². The lowest BCUT2D eigenvalue weighted by atomic mass is 9.97. The molecule has 0 aliphatic carbocycles. The minimum atomic E-state index is -3.51. The average molecular weight is 433 g/mol. The van der Waals surface area contributed by atoms with Crippen molar-refractivity contribution in [3.8, 4) is 0 Å². The van der Waals surface area contributed by atoms with Crippen molar-refractivity contribution in [2.75, 3.05) is 18.4 Å². The molecular formula is C17H18F2N2O3S3. The summed E-state index contributed by atoms with van der Waals surface area (Å²) in [5.41, 5.74) is 0.349. The first-order valence-corrected chi connectivity index (χ1v) is 11.5. The van der Waals surface area contributed by atoms with Gasteiger partial charge in [-0.25, -0.2) is 8.42 Å². The third kappa shape index (κ3) is 4.87. The highest BCUT2D eigenvalue weighted by Gasteiger charge is 2.32. The smallest absolute Gasteiger partial charge is 0.288 e. The van der Waals surface area contributed by atoms with Crippen LogP contribution in [0.5, 0.6) is 0 Å². The summed E-state index contributed by atoms with van der Waals surface area (Å²) in [4.78, 5) is 12.8. The van der Waals surface area contributed by atoms with E-state index < -0.39 is 15.8 Å². The number of hydrogen-bond donors (Lipinski definition) is 1. The number of hydrogen-bond acceptors (Lipinski definition) is 5. The first-order chi connectivity index (χ1) is 12.9. The molecule has 3 rings (SSSR count). The summed E-state index contributed by atoms with van der Waals surface area (Å²) in [7, 11) is -3.51. The number of para-hydroxylation sites is 1. The van der Waals surface area contributed by atoms with Crippen LogP contribution in [0, 0.1) is 5.92 Å². The standard InChI is InChI=1S/C17H18F2N2O3S3/c18-17(19)26-14-5-2-1-4-13(14)20-16(22)12-7-9-21(10-8-12)27(23,24)15-6-3-11-25-15/h1-6,11-12,17H,7-10H2,(H,20,22). The van der Waals surface area contributed by atoms with Crippen LogP contribution in [-0.4, -0.2) is 37.5 Å². The number of benzene rings is 1. The highest BCUT2D eigenvalue weighted by molar-refractivity contribution is 7.99. The molecule has 146 valence electrons. The van der Waals surface area contributed by atoms with E-state index in [0.29, 0.717) is 39.4 Å². The van der Waals surface area contributed by atoms with Crippen molar-refractivity contribution < 1.29 is 22.0 Å². The lowest BCUT2D eigenvalue weighted by Crippen LogP contribution is -2.41. The van der Waals surface area contributed by atoms with Crippen LogP contribution in [0.4, 0.5) is 14.5 Å². The number of alkyl halides is 2. The summed E-state index contributed by atoms with van der Waals surface area (Å²) in [6.45, 7) is 0.511. The number of rotatable bonds is 6. The van der Waals surface area contributed by atoms with Crippen LogP contribution in [0.1, 0.15) is 12.8 Å².